The number of halogens is 2. The third-order valence-electron chi connectivity index (χ3n) is 2.83. The van der Waals surface area contributed by atoms with E-state index in [1.807, 2.05) is 0 Å². The lowest BCUT2D eigenvalue weighted by atomic mass is 10.1. The first-order valence-electron chi connectivity index (χ1n) is 6.10. The van der Waals surface area contributed by atoms with Crippen LogP contribution in [0.4, 0.5) is 5.69 Å². The molecule has 21 heavy (non-hydrogen) atoms. The topological polar surface area (TPSA) is 58.2 Å². The zero-order valence-corrected chi connectivity index (χ0v) is 12.6. The highest BCUT2D eigenvalue weighted by atomic mass is 35.5. The van der Waals surface area contributed by atoms with Gasteiger partial charge in [0.05, 0.1) is 21.3 Å². The Hall–Kier alpha value is -2.04. The van der Waals surface area contributed by atoms with Crippen LogP contribution in [0.15, 0.2) is 42.5 Å². The Kier molecular flexibility index (Phi) is 4.83. The number of nitrogens with one attached hydrogen (secondary N) is 2. The molecule has 108 valence electrons. The monoisotopic (exact) mass is 322 g/mol. The molecular formula is C15H12Cl2N2O2. The van der Waals surface area contributed by atoms with Gasteiger partial charge in [0, 0.05) is 12.6 Å². The normalized spacial score (nSPS) is 10.0. The number of amides is 2. The van der Waals surface area contributed by atoms with Crippen molar-refractivity contribution in [1.82, 2.24) is 5.32 Å². The minimum atomic E-state index is -0.370. The van der Waals surface area contributed by atoms with Crippen molar-refractivity contribution in [2.24, 2.45) is 0 Å². The van der Waals surface area contributed by atoms with Gasteiger partial charge >= 0.3 is 0 Å². The Balaban J connectivity index is 2.27. The molecule has 0 spiro atoms. The van der Waals surface area contributed by atoms with Crippen LogP contribution in [0.25, 0.3) is 0 Å². The fraction of sp³-hybridized carbons (Fsp3) is 0.0667. The molecule has 0 radical (unpaired) electrons. The fourth-order valence-electron chi connectivity index (χ4n) is 1.76. The molecule has 0 aliphatic heterocycles. The van der Waals surface area contributed by atoms with Gasteiger partial charge in [0.25, 0.3) is 11.8 Å². The summed E-state index contributed by atoms with van der Waals surface area (Å²) < 4.78 is 0. The SMILES string of the molecule is CNC(=O)c1ccccc1NC(=O)c1ccc(Cl)c(Cl)c1. The van der Waals surface area contributed by atoms with Crippen LogP contribution < -0.4 is 10.6 Å². The van der Waals surface area contributed by atoms with E-state index in [0.29, 0.717) is 26.9 Å². The summed E-state index contributed by atoms with van der Waals surface area (Å²) in [6.45, 7) is 0. The molecular weight excluding hydrogens is 311 g/mol. The lowest BCUT2D eigenvalue weighted by Crippen LogP contribution is -2.21. The molecule has 0 fully saturated rings. The number of hydrogen-bond acceptors (Lipinski definition) is 2. The maximum absolute atomic E-state index is 12.2. The summed E-state index contributed by atoms with van der Waals surface area (Å²) in [5, 5.41) is 5.88. The zero-order chi connectivity index (χ0) is 15.4. The van der Waals surface area contributed by atoms with Gasteiger partial charge in [-0.1, -0.05) is 35.3 Å². The van der Waals surface area contributed by atoms with E-state index in [2.05, 4.69) is 10.6 Å². The Labute approximate surface area is 132 Å². The van der Waals surface area contributed by atoms with Crippen LogP contribution in [0.2, 0.25) is 10.0 Å². The van der Waals surface area contributed by atoms with E-state index in [4.69, 9.17) is 23.2 Å². The van der Waals surface area contributed by atoms with Crippen molar-refractivity contribution in [3.05, 3.63) is 63.6 Å². The predicted octanol–water partition coefficient (Wildman–Crippen LogP) is 3.61. The van der Waals surface area contributed by atoms with E-state index in [9.17, 15) is 9.59 Å². The standard InChI is InChI=1S/C15H12Cl2N2O2/c1-18-15(21)10-4-2-3-5-13(10)19-14(20)9-6-7-11(16)12(17)8-9/h2-8H,1H3,(H,18,21)(H,19,20). The number of carbonyl (C=O) groups excluding carboxylic acids is 2. The Morgan fingerprint density at radius 2 is 1.67 bits per heavy atom. The first-order valence-corrected chi connectivity index (χ1v) is 6.86. The molecule has 0 aliphatic carbocycles. The van der Waals surface area contributed by atoms with Crippen LogP contribution in [-0.4, -0.2) is 18.9 Å². The van der Waals surface area contributed by atoms with Crippen molar-refractivity contribution in [2.45, 2.75) is 0 Å². The number of anilines is 1. The third kappa shape index (κ3) is 3.54. The first-order chi connectivity index (χ1) is 10.0. The highest BCUT2D eigenvalue weighted by molar-refractivity contribution is 6.42. The van der Waals surface area contributed by atoms with E-state index in [1.165, 1.54) is 13.1 Å². The minimum Gasteiger partial charge on any atom is -0.355 e. The molecule has 6 heteroatoms. The van der Waals surface area contributed by atoms with Gasteiger partial charge in [0.2, 0.25) is 0 Å². The molecule has 0 unspecified atom stereocenters. The second-order valence-electron chi connectivity index (χ2n) is 4.21. The number of carbonyl (C=O) groups is 2. The lowest BCUT2D eigenvalue weighted by Gasteiger charge is -2.10. The average molecular weight is 323 g/mol. The molecule has 2 rings (SSSR count). The summed E-state index contributed by atoms with van der Waals surface area (Å²) in [6, 6.07) is 11.3. The molecule has 2 amide bonds. The van der Waals surface area contributed by atoms with Gasteiger partial charge in [-0.2, -0.15) is 0 Å². The van der Waals surface area contributed by atoms with Crippen LogP contribution in [-0.2, 0) is 0 Å². The molecule has 0 saturated heterocycles. The Bertz CT molecular complexity index is 702. The molecule has 0 aromatic heterocycles. The number of para-hydroxylation sites is 1. The van der Waals surface area contributed by atoms with Crippen molar-refractivity contribution < 1.29 is 9.59 Å². The van der Waals surface area contributed by atoms with E-state index in [1.54, 1.807) is 36.4 Å². The number of hydrogen-bond donors (Lipinski definition) is 2. The van der Waals surface area contributed by atoms with Gasteiger partial charge in [-0.25, -0.2) is 0 Å². The molecule has 4 nitrogen and oxygen atoms in total. The summed E-state index contributed by atoms with van der Waals surface area (Å²) in [6.07, 6.45) is 0. The van der Waals surface area contributed by atoms with Gasteiger partial charge in [0.15, 0.2) is 0 Å². The van der Waals surface area contributed by atoms with E-state index in [0.717, 1.165) is 0 Å². The minimum absolute atomic E-state index is 0.278. The Morgan fingerprint density at radius 3 is 2.33 bits per heavy atom. The lowest BCUT2D eigenvalue weighted by molar-refractivity contribution is 0.0964. The quantitative estimate of drug-likeness (QED) is 0.907. The number of benzene rings is 2. The van der Waals surface area contributed by atoms with E-state index >= 15 is 0 Å². The summed E-state index contributed by atoms with van der Waals surface area (Å²) in [5.74, 6) is -0.648. The maximum atomic E-state index is 12.2. The van der Waals surface area contributed by atoms with Gasteiger partial charge in [-0.05, 0) is 30.3 Å². The smallest absolute Gasteiger partial charge is 0.255 e. The summed E-state index contributed by atoms with van der Waals surface area (Å²) >= 11 is 11.7. The van der Waals surface area contributed by atoms with Crippen LogP contribution in [0.1, 0.15) is 20.7 Å². The summed E-state index contributed by atoms with van der Waals surface area (Å²) in [5.41, 5.74) is 1.16. The van der Waals surface area contributed by atoms with Crippen molar-refractivity contribution in [3.8, 4) is 0 Å². The molecule has 0 aliphatic rings. The summed E-state index contributed by atoms with van der Waals surface area (Å²) in [7, 11) is 1.53. The fourth-order valence-corrected chi connectivity index (χ4v) is 2.05. The molecule has 0 saturated carbocycles. The molecule has 2 N–H and O–H groups in total. The molecule has 0 bridgehead atoms. The molecule has 0 heterocycles. The highest BCUT2D eigenvalue weighted by Gasteiger charge is 2.13. The van der Waals surface area contributed by atoms with E-state index in [-0.39, 0.29) is 11.8 Å². The number of rotatable bonds is 3. The second-order valence-corrected chi connectivity index (χ2v) is 5.02. The molecule has 2 aromatic carbocycles. The van der Waals surface area contributed by atoms with Crippen molar-refractivity contribution in [2.75, 3.05) is 12.4 Å². The van der Waals surface area contributed by atoms with E-state index < -0.39 is 0 Å². The Morgan fingerprint density at radius 1 is 0.952 bits per heavy atom. The zero-order valence-electron chi connectivity index (χ0n) is 11.1. The second kappa shape index (κ2) is 6.61. The van der Waals surface area contributed by atoms with Crippen LogP contribution in [0, 0.1) is 0 Å². The average Bonchev–Trinajstić information content (AvgIpc) is 2.49. The van der Waals surface area contributed by atoms with Gasteiger partial charge in [0.1, 0.15) is 0 Å². The van der Waals surface area contributed by atoms with Crippen molar-refractivity contribution in [3.63, 3.8) is 0 Å². The third-order valence-corrected chi connectivity index (χ3v) is 3.57. The van der Waals surface area contributed by atoms with Gasteiger partial charge < -0.3 is 10.6 Å². The molecule has 2 aromatic rings. The largest absolute Gasteiger partial charge is 0.355 e. The molecule has 0 atom stereocenters. The van der Waals surface area contributed by atoms with Crippen LogP contribution >= 0.6 is 23.2 Å². The van der Waals surface area contributed by atoms with Crippen LogP contribution in [0.5, 0.6) is 0 Å². The van der Waals surface area contributed by atoms with Gasteiger partial charge in [-0.3, -0.25) is 9.59 Å². The summed E-state index contributed by atoms with van der Waals surface area (Å²) in [4.78, 5) is 23.9. The maximum Gasteiger partial charge on any atom is 0.255 e. The predicted molar refractivity (Wildman–Crippen MR) is 84.2 cm³/mol. The van der Waals surface area contributed by atoms with Crippen molar-refractivity contribution >= 4 is 40.7 Å². The van der Waals surface area contributed by atoms with Crippen molar-refractivity contribution in [1.29, 1.82) is 0 Å². The first kappa shape index (κ1) is 15.4. The highest BCUT2D eigenvalue weighted by Crippen LogP contribution is 2.23. The van der Waals surface area contributed by atoms with Gasteiger partial charge in [-0.15, -0.1) is 0 Å². The van der Waals surface area contributed by atoms with Crippen LogP contribution in [0.3, 0.4) is 0 Å².